The van der Waals surface area contributed by atoms with E-state index < -0.39 is 34.0 Å². The highest BCUT2D eigenvalue weighted by atomic mass is 32.2. The smallest absolute Gasteiger partial charge is 0.338 e. The molecule has 2 aromatic carbocycles. The zero-order valence-corrected chi connectivity index (χ0v) is 19.2. The minimum Gasteiger partial charge on any atom is -0.452 e. The lowest BCUT2D eigenvalue weighted by atomic mass is 10.1. The molecule has 0 atom stereocenters. The number of para-hydroxylation sites is 1. The van der Waals surface area contributed by atoms with Crippen molar-refractivity contribution < 1.29 is 27.5 Å². The van der Waals surface area contributed by atoms with E-state index in [1.54, 1.807) is 30.3 Å². The molecule has 0 saturated heterocycles. The Morgan fingerprint density at radius 1 is 0.969 bits per heavy atom. The van der Waals surface area contributed by atoms with E-state index in [4.69, 9.17) is 4.74 Å². The number of rotatable bonds is 8. The van der Waals surface area contributed by atoms with Crippen LogP contribution in [0.5, 0.6) is 0 Å². The Hall–Kier alpha value is -3.40. The van der Waals surface area contributed by atoms with Crippen molar-refractivity contribution in [2.75, 3.05) is 24.9 Å². The lowest BCUT2D eigenvalue weighted by Gasteiger charge is -2.23. The highest BCUT2D eigenvalue weighted by Gasteiger charge is 2.20. The van der Waals surface area contributed by atoms with Crippen LogP contribution in [0.1, 0.15) is 31.1 Å². The summed E-state index contributed by atoms with van der Waals surface area (Å²) >= 11 is 0. The quantitative estimate of drug-likeness (QED) is 0.580. The molecule has 0 saturated carbocycles. The van der Waals surface area contributed by atoms with E-state index in [1.165, 1.54) is 31.3 Å². The van der Waals surface area contributed by atoms with Crippen LogP contribution in [0.15, 0.2) is 59.5 Å². The number of nitrogens with one attached hydrogen (secondary N) is 2. The van der Waals surface area contributed by atoms with Crippen LogP contribution in [0, 0.1) is 0 Å². The van der Waals surface area contributed by atoms with Crippen molar-refractivity contribution in [1.29, 1.82) is 0 Å². The van der Waals surface area contributed by atoms with Crippen molar-refractivity contribution >= 4 is 33.5 Å². The van der Waals surface area contributed by atoms with Crippen LogP contribution in [-0.4, -0.2) is 56.8 Å². The molecule has 0 aliphatic heterocycles. The Bertz CT molecular complexity index is 1060. The van der Waals surface area contributed by atoms with Gasteiger partial charge in [-0.1, -0.05) is 18.2 Å². The summed E-state index contributed by atoms with van der Waals surface area (Å²) in [6.07, 6.45) is 0. The van der Waals surface area contributed by atoms with Gasteiger partial charge in [0.25, 0.3) is 15.9 Å². The third kappa shape index (κ3) is 7.69. The largest absolute Gasteiger partial charge is 0.452 e. The molecule has 2 aromatic rings. The van der Waals surface area contributed by atoms with Gasteiger partial charge in [-0.15, -0.1) is 0 Å². The second-order valence-corrected chi connectivity index (χ2v) is 9.80. The van der Waals surface area contributed by atoms with Gasteiger partial charge in [-0.05, 0) is 57.2 Å². The van der Waals surface area contributed by atoms with Gasteiger partial charge in [-0.3, -0.25) is 14.3 Å². The molecule has 0 aromatic heterocycles. The third-order valence-electron chi connectivity index (χ3n) is 4.07. The van der Waals surface area contributed by atoms with Crippen molar-refractivity contribution in [2.45, 2.75) is 31.2 Å². The molecular formula is C22H27N3O6S. The number of sulfonamides is 1. The number of amides is 2. The lowest BCUT2D eigenvalue weighted by molar-refractivity contribution is -0.137. The number of benzene rings is 2. The molecule has 172 valence electrons. The first-order chi connectivity index (χ1) is 14.9. The maximum absolute atomic E-state index is 12.4. The van der Waals surface area contributed by atoms with Gasteiger partial charge < -0.3 is 15.0 Å². The van der Waals surface area contributed by atoms with E-state index in [0.29, 0.717) is 5.69 Å². The lowest BCUT2D eigenvalue weighted by Crippen LogP contribution is -2.46. The Kier molecular flexibility index (Phi) is 7.98. The molecule has 10 heteroatoms. The molecule has 9 nitrogen and oxygen atoms in total. The number of carbonyl (C=O) groups is 3. The number of likely N-dealkylation sites (N-methyl/N-ethyl adjacent to an activating group) is 1. The standard InChI is InChI=1S/C22H27N3O6S/c1-22(2,3)23-19(26)14-25(4)20(27)15-31-21(28)16-10-12-18(13-11-16)32(29,30)24-17-8-6-5-7-9-17/h5-13,24H,14-15H2,1-4H3,(H,23,26). The molecule has 2 N–H and O–H groups in total. The van der Waals surface area contributed by atoms with Crippen molar-refractivity contribution in [2.24, 2.45) is 0 Å². The minimum absolute atomic E-state index is 0.0291. The van der Waals surface area contributed by atoms with E-state index in [-0.39, 0.29) is 22.9 Å². The van der Waals surface area contributed by atoms with E-state index in [1.807, 2.05) is 20.8 Å². The topological polar surface area (TPSA) is 122 Å². The number of carbonyl (C=O) groups excluding carboxylic acids is 3. The molecule has 2 rings (SSSR count). The van der Waals surface area contributed by atoms with Crippen LogP contribution < -0.4 is 10.0 Å². The third-order valence-corrected chi connectivity index (χ3v) is 5.47. The molecule has 0 unspecified atom stereocenters. The van der Waals surface area contributed by atoms with Crippen LogP contribution in [0.25, 0.3) is 0 Å². The van der Waals surface area contributed by atoms with Crippen LogP contribution in [0.3, 0.4) is 0 Å². The molecule has 32 heavy (non-hydrogen) atoms. The average Bonchev–Trinajstić information content (AvgIpc) is 2.70. The fourth-order valence-corrected chi connectivity index (χ4v) is 3.63. The van der Waals surface area contributed by atoms with Crippen LogP contribution >= 0.6 is 0 Å². The van der Waals surface area contributed by atoms with Crippen molar-refractivity contribution in [1.82, 2.24) is 10.2 Å². The molecule has 0 radical (unpaired) electrons. The number of ether oxygens (including phenoxy) is 1. The molecule has 2 amide bonds. The number of esters is 1. The van der Waals surface area contributed by atoms with Gasteiger partial charge in [-0.25, -0.2) is 13.2 Å². The number of hydrogen-bond acceptors (Lipinski definition) is 6. The first kappa shape index (κ1) is 24.9. The van der Waals surface area contributed by atoms with Crippen LogP contribution in [-0.2, 0) is 24.3 Å². The van der Waals surface area contributed by atoms with Crippen LogP contribution in [0.2, 0.25) is 0 Å². The summed E-state index contributed by atoms with van der Waals surface area (Å²) in [6.45, 7) is 4.75. The summed E-state index contributed by atoms with van der Waals surface area (Å²) in [5.41, 5.74) is 0.0725. The number of hydrogen-bond donors (Lipinski definition) is 2. The number of anilines is 1. The summed E-state index contributed by atoms with van der Waals surface area (Å²) in [5.74, 6) is -1.67. The summed E-state index contributed by atoms with van der Waals surface area (Å²) in [4.78, 5) is 37.3. The molecule has 0 aliphatic carbocycles. The zero-order valence-electron chi connectivity index (χ0n) is 18.4. The van der Waals surface area contributed by atoms with E-state index in [9.17, 15) is 22.8 Å². The Balaban J connectivity index is 1.91. The van der Waals surface area contributed by atoms with Gasteiger partial charge in [0.15, 0.2) is 6.61 Å². The fourth-order valence-electron chi connectivity index (χ4n) is 2.57. The van der Waals surface area contributed by atoms with Gasteiger partial charge in [0, 0.05) is 18.3 Å². The SMILES string of the molecule is CN(CC(=O)NC(C)(C)C)C(=O)COC(=O)c1ccc(S(=O)(=O)Nc2ccccc2)cc1. The van der Waals surface area contributed by atoms with Crippen molar-refractivity contribution in [3.05, 3.63) is 60.2 Å². The first-order valence-electron chi connectivity index (χ1n) is 9.77. The van der Waals surface area contributed by atoms with Gasteiger partial charge in [-0.2, -0.15) is 0 Å². The maximum Gasteiger partial charge on any atom is 0.338 e. The average molecular weight is 462 g/mol. The Morgan fingerprint density at radius 2 is 1.56 bits per heavy atom. The summed E-state index contributed by atoms with van der Waals surface area (Å²) in [5, 5.41) is 2.73. The molecule has 0 spiro atoms. The summed E-state index contributed by atoms with van der Waals surface area (Å²) in [6, 6.07) is 13.5. The normalized spacial score (nSPS) is 11.4. The Labute approximate surface area is 187 Å². The predicted octanol–water partition coefficient (Wildman–Crippen LogP) is 2.02. The van der Waals surface area contributed by atoms with Gasteiger partial charge in [0.05, 0.1) is 17.0 Å². The minimum atomic E-state index is -3.82. The summed E-state index contributed by atoms with van der Waals surface area (Å²) in [7, 11) is -2.39. The maximum atomic E-state index is 12.4. The van der Waals surface area contributed by atoms with E-state index >= 15 is 0 Å². The second kappa shape index (κ2) is 10.3. The molecule has 0 aliphatic rings. The van der Waals surface area contributed by atoms with E-state index in [2.05, 4.69) is 10.0 Å². The molecular weight excluding hydrogens is 434 g/mol. The Morgan fingerprint density at radius 3 is 2.12 bits per heavy atom. The fraction of sp³-hybridized carbons (Fsp3) is 0.318. The van der Waals surface area contributed by atoms with Gasteiger partial charge >= 0.3 is 5.97 Å². The molecule has 0 fully saturated rings. The van der Waals surface area contributed by atoms with Gasteiger partial charge in [0.2, 0.25) is 5.91 Å². The summed E-state index contributed by atoms with van der Waals surface area (Å²) < 4.78 is 32.3. The first-order valence-corrected chi connectivity index (χ1v) is 11.3. The molecule has 0 bridgehead atoms. The molecule has 0 heterocycles. The second-order valence-electron chi connectivity index (χ2n) is 8.12. The van der Waals surface area contributed by atoms with Crippen LogP contribution in [0.4, 0.5) is 5.69 Å². The predicted molar refractivity (Wildman–Crippen MR) is 120 cm³/mol. The van der Waals surface area contributed by atoms with Crippen molar-refractivity contribution in [3.8, 4) is 0 Å². The highest BCUT2D eigenvalue weighted by molar-refractivity contribution is 7.92. The van der Waals surface area contributed by atoms with Crippen molar-refractivity contribution in [3.63, 3.8) is 0 Å². The zero-order chi connectivity index (χ0) is 23.9. The number of nitrogens with zero attached hydrogens (tertiary/aromatic N) is 1. The highest BCUT2D eigenvalue weighted by Crippen LogP contribution is 2.16. The van der Waals surface area contributed by atoms with Gasteiger partial charge in [0.1, 0.15) is 0 Å². The van der Waals surface area contributed by atoms with E-state index in [0.717, 1.165) is 4.90 Å². The monoisotopic (exact) mass is 461 g/mol.